The van der Waals surface area contributed by atoms with Gasteiger partial charge in [0.1, 0.15) is 6.73 Å². The van der Waals surface area contributed by atoms with Crippen molar-refractivity contribution in [2.75, 3.05) is 18.7 Å². The maximum absolute atomic E-state index is 12.3. The molecule has 3 amide bonds. The molecule has 0 fully saturated rings. The standard InChI is InChI=1S/C16H19F3N2O4Si/c1-26(2,3)7-6-25-9-21-13(22)11-5-4-10(8-12(11)14(21)23)20-15(24)16(17,18)19/h4-5,8H,6-7,9H2,1-3H3,(H,20,24). The number of nitrogens with one attached hydrogen (secondary N) is 1. The molecule has 0 unspecified atom stereocenters. The molecule has 142 valence electrons. The predicted octanol–water partition coefficient (Wildman–Crippen LogP) is 3.10. The highest BCUT2D eigenvalue weighted by Crippen LogP contribution is 2.27. The van der Waals surface area contributed by atoms with Crippen molar-refractivity contribution in [1.29, 1.82) is 0 Å². The Balaban J connectivity index is 2.06. The molecule has 1 aromatic rings. The van der Waals surface area contributed by atoms with E-state index in [4.69, 9.17) is 4.74 Å². The zero-order valence-corrected chi connectivity index (χ0v) is 15.6. The summed E-state index contributed by atoms with van der Waals surface area (Å²) in [5.41, 5.74) is -0.216. The van der Waals surface area contributed by atoms with Gasteiger partial charge in [-0.25, -0.2) is 4.90 Å². The van der Waals surface area contributed by atoms with E-state index in [-0.39, 0.29) is 23.5 Å². The molecule has 0 radical (unpaired) electrons. The Labute approximate surface area is 149 Å². The molecule has 0 saturated heterocycles. The number of rotatable bonds is 6. The summed E-state index contributed by atoms with van der Waals surface area (Å²) >= 11 is 0. The second-order valence-electron chi connectivity index (χ2n) is 7.10. The van der Waals surface area contributed by atoms with Crippen molar-refractivity contribution in [2.24, 2.45) is 0 Å². The van der Waals surface area contributed by atoms with Gasteiger partial charge in [-0.1, -0.05) is 19.6 Å². The Hall–Kier alpha value is -2.20. The van der Waals surface area contributed by atoms with Gasteiger partial charge in [-0.3, -0.25) is 14.4 Å². The summed E-state index contributed by atoms with van der Waals surface area (Å²) in [6.07, 6.45) is -5.05. The van der Waals surface area contributed by atoms with E-state index in [2.05, 4.69) is 19.6 Å². The van der Waals surface area contributed by atoms with E-state index in [0.29, 0.717) is 6.61 Å². The van der Waals surface area contributed by atoms with Gasteiger partial charge >= 0.3 is 12.1 Å². The van der Waals surface area contributed by atoms with Crippen molar-refractivity contribution in [1.82, 2.24) is 4.90 Å². The summed E-state index contributed by atoms with van der Waals surface area (Å²) in [7, 11) is -1.32. The zero-order chi connectivity index (χ0) is 19.7. The molecule has 0 aliphatic carbocycles. The molecule has 26 heavy (non-hydrogen) atoms. The lowest BCUT2D eigenvalue weighted by Gasteiger charge is -2.18. The number of anilines is 1. The highest BCUT2D eigenvalue weighted by molar-refractivity contribution is 6.76. The minimum atomic E-state index is -5.05. The quantitative estimate of drug-likeness (QED) is 0.462. The molecule has 0 bridgehead atoms. The number of amides is 3. The maximum Gasteiger partial charge on any atom is 0.471 e. The van der Waals surface area contributed by atoms with Gasteiger partial charge in [0.05, 0.1) is 11.1 Å². The monoisotopic (exact) mass is 388 g/mol. The number of alkyl halides is 3. The van der Waals surface area contributed by atoms with Crippen LogP contribution in [0.15, 0.2) is 18.2 Å². The summed E-state index contributed by atoms with van der Waals surface area (Å²) in [4.78, 5) is 36.5. The number of imide groups is 1. The first kappa shape index (κ1) is 20.1. The maximum atomic E-state index is 12.3. The van der Waals surface area contributed by atoms with Crippen molar-refractivity contribution in [3.63, 3.8) is 0 Å². The highest BCUT2D eigenvalue weighted by Gasteiger charge is 2.40. The summed E-state index contributed by atoms with van der Waals surface area (Å²) in [6, 6.07) is 4.28. The highest BCUT2D eigenvalue weighted by atomic mass is 28.3. The third-order valence-electron chi connectivity index (χ3n) is 3.70. The van der Waals surface area contributed by atoms with Crippen molar-refractivity contribution in [3.05, 3.63) is 29.3 Å². The van der Waals surface area contributed by atoms with Crippen molar-refractivity contribution in [2.45, 2.75) is 31.9 Å². The number of fused-ring (bicyclic) bond motifs is 1. The number of halogens is 3. The second kappa shape index (κ2) is 7.20. The van der Waals surface area contributed by atoms with Gasteiger partial charge in [0, 0.05) is 20.4 Å². The topological polar surface area (TPSA) is 75.7 Å². The van der Waals surface area contributed by atoms with E-state index in [1.54, 1.807) is 5.32 Å². The van der Waals surface area contributed by atoms with Crippen molar-refractivity contribution < 1.29 is 32.3 Å². The molecule has 6 nitrogen and oxygen atoms in total. The average molecular weight is 388 g/mol. The van der Waals surface area contributed by atoms with Gasteiger partial charge in [0.25, 0.3) is 11.8 Å². The fourth-order valence-electron chi connectivity index (χ4n) is 2.22. The van der Waals surface area contributed by atoms with Crippen LogP contribution >= 0.6 is 0 Å². The number of hydrogen-bond acceptors (Lipinski definition) is 4. The van der Waals surface area contributed by atoms with Crippen LogP contribution in [0.4, 0.5) is 18.9 Å². The number of carbonyl (C=O) groups is 3. The van der Waals surface area contributed by atoms with Crippen LogP contribution in [0.3, 0.4) is 0 Å². The Morgan fingerprint density at radius 3 is 2.35 bits per heavy atom. The first-order chi connectivity index (χ1) is 11.9. The predicted molar refractivity (Wildman–Crippen MR) is 90.6 cm³/mol. The molecule has 2 rings (SSSR count). The lowest BCUT2D eigenvalue weighted by Crippen LogP contribution is -2.33. The van der Waals surface area contributed by atoms with Gasteiger partial charge in [0.15, 0.2) is 0 Å². The number of nitrogens with zero attached hydrogens (tertiary/aromatic N) is 1. The number of hydrogen-bond donors (Lipinski definition) is 1. The molecule has 1 N–H and O–H groups in total. The summed E-state index contributed by atoms with van der Waals surface area (Å²) in [5, 5.41) is 1.66. The first-order valence-electron chi connectivity index (χ1n) is 7.86. The second-order valence-corrected chi connectivity index (χ2v) is 12.7. The number of benzene rings is 1. The van der Waals surface area contributed by atoms with E-state index < -0.39 is 32.0 Å². The normalized spacial score (nSPS) is 14.6. The molecule has 0 saturated carbocycles. The molecule has 1 aliphatic heterocycles. The van der Waals surface area contributed by atoms with Gasteiger partial charge in [-0.2, -0.15) is 13.2 Å². The van der Waals surface area contributed by atoms with Crippen LogP contribution in [0, 0.1) is 0 Å². The Morgan fingerprint density at radius 2 is 1.77 bits per heavy atom. The molecule has 0 atom stereocenters. The average Bonchev–Trinajstić information content (AvgIpc) is 2.74. The van der Waals surface area contributed by atoms with Crippen molar-refractivity contribution in [3.8, 4) is 0 Å². The van der Waals surface area contributed by atoms with Crippen LogP contribution in [-0.2, 0) is 9.53 Å². The number of carbonyl (C=O) groups excluding carboxylic acids is 3. The lowest BCUT2D eigenvalue weighted by molar-refractivity contribution is -0.167. The van der Waals surface area contributed by atoms with Crippen LogP contribution in [0.1, 0.15) is 20.7 Å². The van der Waals surface area contributed by atoms with Crippen LogP contribution < -0.4 is 5.32 Å². The minimum absolute atomic E-state index is 0.0637. The summed E-state index contributed by atoms with van der Waals surface area (Å²) in [5.74, 6) is -3.39. The van der Waals surface area contributed by atoms with E-state index in [0.717, 1.165) is 23.1 Å². The fourth-order valence-corrected chi connectivity index (χ4v) is 2.98. The minimum Gasteiger partial charge on any atom is -0.361 e. The fraction of sp³-hybridized carbons (Fsp3) is 0.438. The molecule has 1 aromatic carbocycles. The van der Waals surface area contributed by atoms with E-state index in [9.17, 15) is 27.6 Å². The smallest absolute Gasteiger partial charge is 0.361 e. The summed E-state index contributed by atoms with van der Waals surface area (Å²) in [6.45, 7) is 6.68. The van der Waals surface area contributed by atoms with Gasteiger partial charge in [-0.15, -0.1) is 0 Å². The largest absolute Gasteiger partial charge is 0.471 e. The Morgan fingerprint density at radius 1 is 1.15 bits per heavy atom. The zero-order valence-electron chi connectivity index (χ0n) is 14.6. The number of ether oxygens (including phenoxy) is 1. The van der Waals surface area contributed by atoms with E-state index in [1.165, 1.54) is 6.07 Å². The molecule has 10 heteroatoms. The van der Waals surface area contributed by atoms with E-state index >= 15 is 0 Å². The van der Waals surface area contributed by atoms with Gasteiger partial charge < -0.3 is 10.1 Å². The Kier molecular flexibility index (Phi) is 5.57. The third-order valence-corrected chi connectivity index (χ3v) is 5.41. The van der Waals surface area contributed by atoms with Crippen molar-refractivity contribution >= 4 is 31.5 Å². The van der Waals surface area contributed by atoms with E-state index in [1.807, 2.05) is 0 Å². The molecule has 1 heterocycles. The molecular formula is C16H19F3N2O4Si. The first-order valence-corrected chi connectivity index (χ1v) is 11.6. The lowest BCUT2D eigenvalue weighted by atomic mass is 10.1. The molecule has 1 aliphatic rings. The molecular weight excluding hydrogens is 369 g/mol. The van der Waals surface area contributed by atoms with Crippen LogP contribution in [0.2, 0.25) is 25.7 Å². The summed E-state index contributed by atoms with van der Waals surface area (Å²) < 4.78 is 42.3. The van der Waals surface area contributed by atoms with Gasteiger partial charge in [-0.05, 0) is 24.2 Å². The van der Waals surface area contributed by atoms with Crippen LogP contribution in [0.5, 0.6) is 0 Å². The van der Waals surface area contributed by atoms with Gasteiger partial charge in [0.2, 0.25) is 0 Å². The molecule has 0 aromatic heterocycles. The van der Waals surface area contributed by atoms with Crippen LogP contribution in [0.25, 0.3) is 0 Å². The Bertz CT molecular complexity index is 744. The third kappa shape index (κ3) is 4.70. The SMILES string of the molecule is C[Si](C)(C)CCOCN1C(=O)c2ccc(NC(=O)C(F)(F)F)cc2C1=O. The molecule has 0 spiro atoms. The van der Waals surface area contributed by atoms with Crippen LogP contribution in [-0.4, -0.2) is 50.2 Å².